The third-order valence-corrected chi connectivity index (χ3v) is 5.50. The lowest BCUT2D eigenvalue weighted by molar-refractivity contribution is -0.389. The molecule has 0 radical (unpaired) electrons. The number of nitrogens with one attached hydrogen (secondary N) is 1. The summed E-state index contributed by atoms with van der Waals surface area (Å²) >= 11 is 0. The number of amides is 1. The minimum absolute atomic E-state index is 0.0930. The van der Waals surface area contributed by atoms with E-state index in [1.807, 2.05) is 4.90 Å². The van der Waals surface area contributed by atoms with Crippen LogP contribution >= 0.6 is 0 Å². The molecule has 30 heavy (non-hydrogen) atoms. The first-order valence-corrected chi connectivity index (χ1v) is 9.93. The summed E-state index contributed by atoms with van der Waals surface area (Å²) in [6.07, 6.45) is 3.36. The fraction of sp³-hybridized carbons (Fsp3) is 0.500. The number of nitrogens with zero attached hydrogens (tertiary/aromatic N) is 5. The number of benzene rings is 1. The molecule has 0 unspecified atom stereocenters. The summed E-state index contributed by atoms with van der Waals surface area (Å²) in [5, 5.41) is 13.5. The van der Waals surface area contributed by atoms with Crippen LogP contribution in [0.25, 0.3) is 0 Å². The van der Waals surface area contributed by atoms with Crippen LogP contribution in [0.4, 0.5) is 21.6 Å². The molecule has 1 aliphatic heterocycles. The van der Waals surface area contributed by atoms with Crippen LogP contribution in [0, 0.1) is 22.9 Å². The van der Waals surface area contributed by atoms with Crippen LogP contribution in [-0.4, -0.2) is 58.5 Å². The summed E-state index contributed by atoms with van der Waals surface area (Å²) in [4.78, 5) is 30.5. The number of carbonyl (C=O) groups excluding carboxylic acids is 1. The molecule has 0 aliphatic carbocycles. The zero-order valence-electron chi connectivity index (χ0n) is 17.5. The summed E-state index contributed by atoms with van der Waals surface area (Å²) < 4.78 is 16.2. The van der Waals surface area contributed by atoms with E-state index in [9.17, 15) is 19.3 Å². The van der Waals surface area contributed by atoms with Crippen LogP contribution in [0.1, 0.15) is 25.1 Å². The highest BCUT2D eigenvalue weighted by Gasteiger charge is 2.22. The van der Waals surface area contributed by atoms with Crippen LogP contribution in [0.2, 0.25) is 0 Å². The van der Waals surface area contributed by atoms with Crippen molar-refractivity contribution >= 4 is 23.1 Å². The molecule has 2 aromatic rings. The zero-order valence-corrected chi connectivity index (χ0v) is 17.5. The van der Waals surface area contributed by atoms with E-state index in [-0.39, 0.29) is 30.5 Å². The Morgan fingerprint density at radius 1 is 1.37 bits per heavy atom. The van der Waals surface area contributed by atoms with E-state index >= 15 is 0 Å². The van der Waals surface area contributed by atoms with Gasteiger partial charge in [0.2, 0.25) is 11.7 Å². The quantitative estimate of drug-likeness (QED) is 0.549. The smallest absolute Gasteiger partial charge is 0.369 e. The maximum absolute atomic E-state index is 14.6. The minimum Gasteiger partial charge on any atom is -0.369 e. The number of hydrogen-bond acceptors (Lipinski definition) is 6. The third-order valence-electron chi connectivity index (χ3n) is 5.50. The standard InChI is InChI=1S/C20H27FN6O3/c1-14-22-19(27(29)30)13-26(14)11-8-20(28)23-15-4-5-18(17(21)12-15)25-9-6-16(7-10-25)24(2)3/h4-5,12-13,16H,6-11H2,1-3H3,(H,23,28). The lowest BCUT2D eigenvalue weighted by atomic mass is 10.0. The summed E-state index contributed by atoms with van der Waals surface area (Å²) in [6.45, 7) is 3.48. The highest BCUT2D eigenvalue weighted by atomic mass is 19.1. The van der Waals surface area contributed by atoms with Crippen molar-refractivity contribution in [1.82, 2.24) is 14.5 Å². The van der Waals surface area contributed by atoms with Gasteiger partial charge in [-0.15, -0.1) is 0 Å². The molecule has 1 aliphatic rings. The van der Waals surface area contributed by atoms with E-state index < -0.39 is 4.92 Å². The second-order valence-corrected chi connectivity index (χ2v) is 7.74. The van der Waals surface area contributed by atoms with Crippen molar-refractivity contribution in [3.8, 4) is 0 Å². The number of piperidine rings is 1. The number of anilines is 2. The largest absolute Gasteiger partial charge is 0.381 e. The first-order chi connectivity index (χ1) is 14.2. The summed E-state index contributed by atoms with van der Waals surface area (Å²) in [5.41, 5.74) is 0.935. The van der Waals surface area contributed by atoms with Crippen molar-refractivity contribution in [3.05, 3.63) is 46.2 Å². The van der Waals surface area contributed by atoms with Crippen LogP contribution in [0.5, 0.6) is 0 Å². The Morgan fingerprint density at radius 3 is 2.63 bits per heavy atom. The number of aryl methyl sites for hydroxylation is 2. The highest BCUT2D eigenvalue weighted by molar-refractivity contribution is 5.90. The van der Waals surface area contributed by atoms with Crippen LogP contribution < -0.4 is 10.2 Å². The predicted molar refractivity (Wildman–Crippen MR) is 112 cm³/mol. The molecule has 1 saturated heterocycles. The molecule has 1 aromatic carbocycles. The molecular formula is C20H27FN6O3. The normalized spacial score (nSPS) is 14.9. The van der Waals surface area contributed by atoms with Crippen LogP contribution in [0.3, 0.4) is 0 Å². The molecule has 0 atom stereocenters. The molecule has 1 fully saturated rings. The van der Waals surface area contributed by atoms with Gasteiger partial charge >= 0.3 is 5.82 Å². The van der Waals surface area contributed by atoms with E-state index in [1.165, 1.54) is 12.3 Å². The Morgan fingerprint density at radius 2 is 2.07 bits per heavy atom. The number of halogens is 1. The van der Waals surface area contributed by atoms with E-state index in [2.05, 4.69) is 29.3 Å². The van der Waals surface area contributed by atoms with E-state index in [0.29, 0.717) is 23.2 Å². The van der Waals surface area contributed by atoms with E-state index in [0.717, 1.165) is 25.9 Å². The van der Waals surface area contributed by atoms with Crippen molar-refractivity contribution in [2.24, 2.45) is 0 Å². The molecule has 10 heteroatoms. The average molecular weight is 418 g/mol. The number of imidazole rings is 1. The van der Waals surface area contributed by atoms with Crippen molar-refractivity contribution in [2.75, 3.05) is 37.4 Å². The molecule has 162 valence electrons. The number of carbonyl (C=O) groups is 1. The number of hydrogen-bond donors (Lipinski definition) is 1. The molecule has 0 spiro atoms. The molecular weight excluding hydrogens is 391 g/mol. The van der Waals surface area contributed by atoms with Gasteiger partial charge in [-0.1, -0.05) is 0 Å². The topological polar surface area (TPSA) is 96.5 Å². The van der Waals surface area contributed by atoms with Gasteiger partial charge in [-0.2, -0.15) is 0 Å². The zero-order chi connectivity index (χ0) is 21.8. The van der Waals surface area contributed by atoms with Crippen molar-refractivity contribution in [1.29, 1.82) is 0 Å². The second kappa shape index (κ2) is 9.21. The molecule has 1 N–H and O–H groups in total. The van der Waals surface area contributed by atoms with Gasteiger partial charge in [0, 0.05) is 44.7 Å². The first kappa shape index (κ1) is 21.7. The fourth-order valence-electron chi connectivity index (χ4n) is 3.72. The molecule has 0 bridgehead atoms. The molecule has 9 nitrogen and oxygen atoms in total. The van der Waals surface area contributed by atoms with Gasteiger partial charge in [-0.25, -0.2) is 4.39 Å². The van der Waals surface area contributed by atoms with Gasteiger partial charge in [-0.05, 0) is 55.0 Å². The Hall–Kier alpha value is -3.01. The second-order valence-electron chi connectivity index (χ2n) is 7.74. The predicted octanol–water partition coefficient (Wildman–Crippen LogP) is 2.80. The highest BCUT2D eigenvalue weighted by Crippen LogP contribution is 2.27. The third kappa shape index (κ3) is 5.12. The molecule has 0 saturated carbocycles. The molecule has 1 aromatic heterocycles. The maximum atomic E-state index is 14.6. The van der Waals surface area contributed by atoms with Crippen LogP contribution in [0.15, 0.2) is 24.4 Å². The van der Waals surface area contributed by atoms with Crippen molar-refractivity contribution in [2.45, 2.75) is 38.8 Å². The Bertz CT molecular complexity index is 921. The summed E-state index contributed by atoms with van der Waals surface area (Å²) in [6, 6.07) is 5.24. The molecule has 3 rings (SSSR count). The summed E-state index contributed by atoms with van der Waals surface area (Å²) in [7, 11) is 4.13. The van der Waals surface area contributed by atoms with Gasteiger partial charge < -0.3 is 29.8 Å². The van der Waals surface area contributed by atoms with Gasteiger partial charge in [-0.3, -0.25) is 4.79 Å². The number of nitro groups is 1. The summed E-state index contributed by atoms with van der Waals surface area (Å²) in [5.74, 6) is -0.454. The maximum Gasteiger partial charge on any atom is 0.381 e. The molecule has 1 amide bonds. The lowest BCUT2D eigenvalue weighted by Gasteiger charge is -2.36. The Labute approximate surface area is 174 Å². The number of aromatic nitrogens is 2. The minimum atomic E-state index is -0.573. The van der Waals surface area contributed by atoms with Gasteiger partial charge in [0.25, 0.3) is 0 Å². The van der Waals surface area contributed by atoms with Crippen LogP contribution in [-0.2, 0) is 11.3 Å². The van der Waals surface area contributed by atoms with E-state index in [1.54, 1.807) is 23.6 Å². The van der Waals surface area contributed by atoms with Gasteiger partial charge in [0.05, 0.1) is 5.69 Å². The SMILES string of the molecule is Cc1nc([N+](=O)[O-])cn1CCC(=O)Nc1ccc(N2CCC(N(C)C)CC2)c(F)c1. The average Bonchev–Trinajstić information content (AvgIpc) is 3.08. The Kier molecular flexibility index (Phi) is 6.66. The van der Waals surface area contributed by atoms with Gasteiger partial charge in [0.15, 0.2) is 0 Å². The van der Waals surface area contributed by atoms with E-state index in [4.69, 9.17) is 0 Å². The molecule has 2 heterocycles. The fourth-order valence-corrected chi connectivity index (χ4v) is 3.72. The first-order valence-electron chi connectivity index (χ1n) is 9.93. The monoisotopic (exact) mass is 418 g/mol. The van der Waals surface area contributed by atoms with Gasteiger partial charge in [0.1, 0.15) is 12.0 Å². The Balaban J connectivity index is 1.55. The van der Waals surface area contributed by atoms with Crippen molar-refractivity contribution in [3.63, 3.8) is 0 Å². The number of rotatable bonds is 7. The lowest BCUT2D eigenvalue weighted by Crippen LogP contribution is -2.42. The van der Waals surface area contributed by atoms with Crippen molar-refractivity contribution < 1.29 is 14.1 Å².